The maximum Gasteiger partial charge on any atom is 0.253 e. The SMILES string of the molecule is Cc1cc(C(=O)N2CCC(N3CCCC3)C2)cc(S(=O)(=O)N(C)C)c1C. The Morgan fingerprint density at radius 1 is 1.12 bits per heavy atom. The number of hydrogen-bond donors (Lipinski definition) is 0. The summed E-state index contributed by atoms with van der Waals surface area (Å²) in [5, 5.41) is 0. The molecule has 1 aromatic rings. The fourth-order valence-electron chi connectivity index (χ4n) is 3.93. The van der Waals surface area contributed by atoms with Gasteiger partial charge in [0.1, 0.15) is 0 Å². The molecule has 2 heterocycles. The fourth-order valence-corrected chi connectivity index (χ4v) is 5.15. The van der Waals surface area contributed by atoms with Crippen LogP contribution in [0.4, 0.5) is 0 Å². The Morgan fingerprint density at radius 3 is 2.38 bits per heavy atom. The molecule has 0 bridgehead atoms. The van der Waals surface area contributed by atoms with Crippen LogP contribution in [0.2, 0.25) is 0 Å². The highest BCUT2D eigenvalue weighted by molar-refractivity contribution is 7.89. The van der Waals surface area contributed by atoms with Gasteiger partial charge in [-0.2, -0.15) is 0 Å². The zero-order chi connectivity index (χ0) is 19.1. The second-order valence-electron chi connectivity index (χ2n) is 7.64. The third-order valence-corrected chi connectivity index (χ3v) is 7.67. The van der Waals surface area contributed by atoms with E-state index < -0.39 is 10.0 Å². The second-order valence-corrected chi connectivity index (χ2v) is 9.76. The Kier molecular flexibility index (Phi) is 5.42. The quantitative estimate of drug-likeness (QED) is 0.801. The summed E-state index contributed by atoms with van der Waals surface area (Å²) in [5.74, 6) is -0.0648. The van der Waals surface area contributed by atoms with Gasteiger partial charge >= 0.3 is 0 Å². The van der Waals surface area contributed by atoms with Gasteiger partial charge < -0.3 is 4.90 Å². The molecule has 0 aromatic heterocycles. The third-order valence-electron chi connectivity index (χ3n) is 5.73. The van der Waals surface area contributed by atoms with Crippen molar-refractivity contribution in [2.45, 2.75) is 44.0 Å². The molecule has 0 radical (unpaired) electrons. The smallest absolute Gasteiger partial charge is 0.253 e. The van der Waals surface area contributed by atoms with E-state index in [-0.39, 0.29) is 10.8 Å². The first-order valence-corrected chi connectivity index (χ1v) is 10.7. The molecule has 2 aliphatic rings. The highest BCUT2D eigenvalue weighted by Crippen LogP contribution is 2.26. The van der Waals surface area contributed by atoms with Crippen molar-refractivity contribution in [3.63, 3.8) is 0 Å². The summed E-state index contributed by atoms with van der Waals surface area (Å²) in [6, 6.07) is 3.80. The monoisotopic (exact) mass is 379 g/mol. The molecule has 0 N–H and O–H groups in total. The van der Waals surface area contributed by atoms with Crippen LogP contribution in [-0.2, 0) is 10.0 Å². The molecule has 6 nitrogen and oxygen atoms in total. The largest absolute Gasteiger partial charge is 0.337 e. The average molecular weight is 380 g/mol. The molecule has 1 amide bonds. The molecule has 0 saturated carbocycles. The third kappa shape index (κ3) is 3.52. The number of sulfonamides is 1. The number of carbonyl (C=O) groups excluding carboxylic acids is 1. The predicted molar refractivity (Wildman–Crippen MR) is 102 cm³/mol. The van der Waals surface area contributed by atoms with Gasteiger partial charge in [-0.15, -0.1) is 0 Å². The lowest BCUT2D eigenvalue weighted by Gasteiger charge is -2.24. The Hall–Kier alpha value is -1.44. The molecule has 1 aromatic carbocycles. The van der Waals surface area contributed by atoms with Crippen LogP contribution in [0, 0.1) is 13.8 Å². The Balaban J connectivity index is 1.85. The van der Waals surface area contributed by atoms with Crippen molar-refractivity contribution in [1.82, 2.24) is 14.1 Å². The van der Waals surface area contributed by atoms with E-state index in [9.17, 15) is 13.2 Å². The van der Waals surface area contributed by atoms with E-state index in [2.05, 4.69) is 4.90 Å². The van der Waals surface area contributed by atoms with Gasteiger partial charge in [0.25, 0.3) is 5.91 Å². The molecular formula is C19H29N3O3S. The molecule has 144 valence electrons. The minimum absolute atomic E-state index is 0.0648. The van der Waals surface area contributed by atoms with Gasteiger partial charge in [0.05, 0.1) is 4.90 Å². The number of hydrogen-bond acceptors (Lipinski definition) is 4. The Morgan fingerprint density at radius 2 is 1.77 bits per heavy atom. The summed E-state index contributed by atoms with van der Waals surface area (Å²) in [6.45, 7) is 7.38. The molecule has 1 atom stereocenters. The summed E-state index contributed by atoms with van der Waals surface area (Å²) in [5.41, 5.74) is 1.99. The van der Waals surface area contributed by atoms with Crippen molar-refractivity contribution in [1.29, 1.82) is 0 Å². The molecular weight excluding hydrogens is 350 g/mol. The van der Waals surface area contributed by atoms with Crippen molar-refractivity contribution < 1.29 is 13.2 Å². The molecule has 2 fully saturated rings. The van der Waals surface area contributed by atoms with E-state index >= 15 is 0 Å². The zero-order valence-corrected chi connectivity index (χ0v) is 17.0. The van der Waals surface area contributed by atoms with Crippen LogP contribution in [0.3, 0.4) is 0 Å². The summed E-state index contributed by atoms with van der Waals surface area (Å²) in [6.07, 6.45) is 3.49. The summed E-state index contributed by atoms with van der Waals surface area (Å²) < 4.78 is 26.4. The van der Waals surface area contributed by atoms with E-state index in [0.29, 0.717) is 17.2 Å². The lowest BCUT2D eigenvalue weighted by Crippen LogP contribution is -2.37. The van der Waals surface area contributed by atoms with Crippen molar-refractivity contribution in [2.75, 3.05) is 40.3 Å². The first-order valence-electron chi connectivity index (χ1n) is 9.29. The van der Waals surface area contributed by atoms with Crippen LogP contribution in [0.25, 0.3) is 0 Å². The van der Waals surface area contributed by atoms with E-state index in [1.807, 2.05) is 17.9 Å². The van der Waals surface area contributed by atoms with Crippen LogP contribution in [0.1, 0.15) is 40.7 Å². The van der Waals surface area contributed by atoms with Crippen LogP contribution in [-0.4, -0.2) is 74.7 Å². The first-order chi connectivity index (χ1) is 12.2. The summed E-state index contributed by atoms with van der Waals surface area (Å²) >= 11 is 0. The molecule has 7 heteroatoms. The maximum absolute atomic E-state index is 13.0. The first kappa shape index (κ1) is 19.3. The molecule has 1 unspecified atom stereocenters. The number of amides is 1. The number of carbonyl (C=O) groups is 1. The number of benzene rings is 1. The van der Waals surface area contributed by atoms with Gasteiger partial charge in [0, 0.05) is 38.8 Å². The predicted octanol–water partition coefficient (Wildman–Crippen LogP) is 1.86. The number of likely N-dealkylation sites (tertiary alicyclic amines) is 2. The minimum atomic E-state index is -3.58. The Bertz CT molecular complexity index is 798. The van der Waals surface area contributed by atoms with Crippen LogP contribution in [0.5, 0.6) is 0 Å². The second kappa shape index (κ2) is 7.29. The van der Waals surface area contributed by atoms with Crippen LogP contribution in [0.15, 0.2) is 17.0 Å². The number of rotatable bonds is 4. The highest BCUT2D eigenvalue weighted by Gasteiger charge is 2.32. The van der Waals surface area contributed by atoms with Crippen molar-refractivity contribution in [3.05, 3.63) is 28.8 Å². The van der Waals surface area contributed by atoms with Crippen molar-refractivity contribution >= 4 is 15.9 Å². The fraction of sp³-hybridized carbons (Fsp3) is 0.632. The zero-order valence-electron chi connectivity index (χ0n) is 16.2. The lowest BCUT2D eigenvalue weighted by molar-refractivity contribution is 0.0779. The van der Waals surface area contributed by atoms with Gasteiger partial charge in [0.15, 0.2) is 0 Å². The molecule has 0 aliphatic carbocycles. The van der Waals surface area contributed by atoms with Gasteiger partial charge in [-0.05, 0) is 69.5 Å². The van der Waals surface area contributed by atoms with E-state index in [1.165, 1.54) is 31.2 Å². The molecule has 3 rings (SSSR count). The maximum atomic E-state index is 13.0. The molecule has 26 heavy (non-hydrogen) atoms. The van der Waals surface area contributed by atoms with Gasteiger partial charge in [-0.25, -0.2) is 12.7 Å². The highest BCUT2D eigenvalue weighted by atomic mass is 32.2. The van der Waals surface area contributed by atoms with E-state index in [0.717, 1.165) is 38.2 Å². The van der Waals surface area contributed by atoms with Gasteiger partial charge in [0.2, 0.25) is 10.0 Å². The number of nitrogens with zero attached hydrogens (tertiary/aromatic N) is 3. The molecule has 2 aliphatic heterocycles. The topological polar surface area (TPSA) is 60.9 Å². The average Bonchev–Trinajstić information content (AvgIpc) is 3.27. The standard InChI is InChI=1S/C19H29N3O3S/c1-14-11-16(12-18(15(14)2)26(24,25)20(3)4)19(23)22-10-7-17(13-22)21-8-5-6-9-21/h11-12,17H,5-10,13H2,1-4H3. The Labute approximate surface area is 156 Å². The lowest BCUT2D eigenvalue weighted by atomic mass is 10.1. The van der Waals surface area contributed by atoms with E-state index in [1.54, 1.807) is 13.0 Å². The van der Waals surface area contributed by atoms with Gasteiger partial charge in [-0.1, -0.05) is 0 Å². The molecule has 2 saturated heterocycles. The van der Waals surface area contributed by atoms with Gasteiger partial charge in [-0.3, -0.25) is 9.69 Å². The van der Waals surface area contributed by atoms with Crippen molar-refractivity contribution in [3.8, 4) is 0 Å². The van der Waals surface area contributed by atoms with Crippen LogP contribution < -0.4 is 0 Å². The normalized spacial score (nSPS) is 21.7. The molecule has 0 spiro atoms. The summed E-state index contributed by atoms with van der Waals surface area (Å²) in [7, 11) is -0.552. The van der Waals surface area contributed by atoms with Crippen molar-refractivity contribution in [2.24, 2.45) is 0 Å². The van der Waals surface area contributed by atoms with E-state index in [4.69, 9.17) is 0 Å². The van der Waals surface area contributed by atoms with Crippen LogP contribution >= 0.6 is 0 Å². The number of aryl methyl sites for hydroxylation is 1. The minimum Gasteiger partial charge on any atom is -0.337 e. The summed E-state index contributed by atoms with van der Waals surface area (Å²) in [4.78, 5) is 17.6.